The number of aliphatic hydroxyl groups excluding tert-OH is 2. The Morgan fingerprint density at radius 3 is 1.66 bits per heavy atom. The average Bonchev–Trinajstić information content (AvgIpc) is 2.73. The molecule has 0 amide bonds. The summed E-state index contributed by atoms with van der Waals surface area (Å²) in [5.41, 5.74) is 0. The number of rotatable bonds is 24. The van der Waals surface area contributed by atoms with Crippen LogP contribution in [-0.2, 0) is 9.47 Å². The van der Waals surface area contributed by atoms with Gasteiger partial charge in [0.2, 0.25) is 0 Å². The van der Waals surface area contributed by atoms with E-state index in [1.807, 2.05) is 0 Å². The molecule has 0 heterocycles. The zero-order valence-corrected chi connectivity index (χ0v) is 20.8. The Morgan fingerprint density at radius 2 is 1.07 bits per heavy atom. The normalized spacial score (nSPS) is 11.9. The van der Waals surface area contributed by atoms with E-state index in [1.54, 1.807) is 0 Å². The van der Waals surface area contributed by atoms with Crippen LogP contribution in [0.15, 0.2) is 12.2 Å². The quantitative estimate of drug-likeness (QED) is 0.0492. The summed E-state index contributed by atoms with van der Waals surface area (Å²) >= 11 is 2.42. The molecular formula is C24H47IO4. The predicted octanol–water partition coefficient (Wildman–Crippen LogP) is 6.56. The molecule has 0 aromatic heterocycles. The van der Waals surface area contributed by atoms with Crippen molar-refractivity contribution >= 4 is 22.6 Å². The average molecular weight is 527 g/mol. The van der Waals surface area contributed by atoms with Crippen LogP contribution in [-0.4, -0.2) is 47.4 Å². The van der Waals surface area contributed by atoms with Crippen molar-refractivity contribution in [3.8, 4) is 0 Å². The maximum atomic E-state index is 8.84. The van der Waals surface area contributed by atoms with Gasteiger partial charge in [0.25, 0.3) is 0 Å². The van der Waals surface area contributed by atoms with Gasteiger partial charge in [0, 0.05) is 30.9 Å². The lowest BCUT2D eigenvalue weighted by Gasteiger charge is -2.19. The lowest BCUT2D eigenvalue weighted by molar-refractivity contribution is -0.148. The second kappa shape index (κ2) is 26.3. The minimum atomic E-state index is -0.0677. The van der Waals surface area contributed by atoms with Crippen molar-refractivity contribution in [1.29, 1.82) is 0 Å². The minimum Gasteiger partial charge on any atom is -0.396 e. The first-order valence-corrected chi connectivity index (χ1v) is 13.5. The fourth-order valence-electron chi connectivity index (χ4n) is 3.18. The fraction of sp³-hybridized carbons (Fsp3) is 0.917. The van der Waals surface area contributed by atoms with Gasteiger partial charge >= 0.3 is 0 Å². The van der Waals surface area contributed by atoms with Crippen LogP contribution in [0.4, 0.5) is 0 Å². The van der Waals surface area contributed by atoms with E-state index in [1.165, 1.54) is 49.4 Å². The highest BCUT2D eigenvalue weighted by molar-refractivity contribution is 14.1. The van der Waals surface area contributed by atoms with Gasteiger partial charge in [0.05, 0.1) is 0 Å². The van der Waals surface area contributed by atoms with Crippen molar-refractivity contribution in [2.45, 2.75) is 109 Å². The Bertz CT molecular complexity index is 310. The fourth-order valence-corrected chi connectivity index (χ4v) is 3.54. The van der Waals surface area contributed by atoms with E-state index in [4.69, 9.17) is 19.7 Å². The molecule has 29 heavy (non-hydrogen) atoms. The molecule has 4 nitrogen and oxygen atoms in total. The smallest absolute Gasteiger partial charge is 0.157 e. The number of hydrogen-bond donors (Lipinski definition) is 2. The highest BCUT2D eigenvalue weighted by Gasteiger charge is 2.09. The molecule has 0 bridgehead atoms. The van der Waals surface area contributed by atoms with Crippen molar-refractivity contribution in [2.24, 2.45) is 0 Å². The number of allylic oxidation sites excluding steroid dienone is 2. The van der Waals surface area contributed by atoms with Crippen LogP contribution in [0.25, 0.3) is 0 Å². The standard InChI is InChI=1S/C24H47IO4/c25-19-13-7-5-3-1-2-4-6-12-18-24(28-22-16-10-8-14-20-26)29-23-17-11-9-15-21-27/h5,7,24,26-27H,1-4,6,8-23H2/b7-5+. The zero-order valence-electron chi connectivity index (χ0n) is 18.7. The molecule has 0 aliphatic rings. The number of unbranched alkanes of at least 4 members (excludes halogenated alkanes) is 11. The van der Waals surface area contributed by atoms with Gasteiger partial charge in [-0.1, -0.05) is 79.7 Å². The Balaban J connectivity index is 3.79. The topological polar surface area (TPSA) is 58.9 Å². The Labute approximate surface area is 194 Å². The van der Waals surface area contributed by atoms with Crippen molar-refractivity contribution in [2.75, 3.05) is 30.9 Å². The van der Waals surface area contributed by atoms with Crippen molar-refractivity contribution in [3.63, 3.8) is 0 Å². The summed E-state index contributed by atoms with van der Waals surface area (Å²) in [6, 6.07) is 0. The van der Waals surface area contributed by atoms with Gasteiger partial charge in [0.1, 0.15) is 0 Å². The van der Waals surface area contributed by atoms with Crippen LogP contribution in [0.2, 0.25) is 0 Å². The summed E-state index contributed by atoms with van der Waals surface area (Å²) in [4.78, 5) is 0. The summed E-state index contributed by atoms with van der Waals surface area (Å²) in [6.45, 7) is 2.09. The lowest BCUT2D eigenvalue weighted by Crippen LogP contribution is -2.19. The van der Waals surface area contributed by atoms with Gasteiger partial charge in [-0.05, 0) is 57.8 Å². The Morgan fingerprint density at radius 1 is 0.586 bits per heavy atom. The first-order valence-electron chi connectivity index (χ1n) is 12.0. The molecule has 0 rings (SSSR count). The molecular weight excluding hydrogens is 479 g/mol. The molecule has 0 aliphatic heterocycles. The van der Waals surface area contributed by atoms with Crippen molar-refractivity contribution in [1.82, 2.24) is 0 Å². The van der Waals surface area contributed by atoms with Crippen molar-refractivity contribution < 1.29 is 19.7 Å². The molecule has 5 heteroatoms. The number of hydrogen-bond acceptors (Lipinski definition) is 4. The highest BCUT2D eigenvalue weighted by Crippen LogP contribution is 2.14. The monoisotopic (exact) mass is 526 g/mol. The van der Waals surface area contributed by atoms with E-state index in [-0.39, 0.29) is 19.5 Å². The molecule has 174 valence electrons. The molecule has 0 spiro atoms. The maximum absolute atomic E-state index is 8.84. The van der Waals surface area contributed by atoms with Gasteiger partial charge in [-0.15, -0.1) is 0 Å². The number of halogens is 1. The predicted molar refractivity (Wildman–Crippen MR) is 132 cm³/mol. The molecule has 0 unspecified atom stereocenters. The van der Waals surface area contributed by atoms with Gasteiger partial charge < -0.3 is 19.7 Å². The van der Waals surface area contributed by atoms with Gasteiger partial charge in [-0.3, -0.25) is 0 Å². The van der Waals surface area contributed by atoms with Crippen LogP contribution < -0.4 is 0 Å². The first-order chi connectivity index (χ1) is 14.3. The molecule has 0 atom stereocenters. The third-order valence-corrected chi connectivity index (χ3v) is 5.59. The van der Waals surface area contributed by atoms with Crippen LogP contribution in [0.3, 0.4) is 0 Å². The maximum Gasteiger partial charge on any atom is 0.157 e. The minimum absolute atomic E-state index is 0.0677. The Hall–Kier alpha value is 0.310. The second-order valence-corrected chi connectivity index (χ2v) is 8.82. The zero-order chi connectivity index (χ0) is 21.3. The molecule has 0 aliphatic carbocycles. The van der Waals surface area contributed by atoms with E-state index in [2.05, 4.69) is 34.7 Å². The van der Waals surface area contributed by atoms with Crippen LogP contribution in [0.1, 0.15) is 103 Å². The number of alkyl halides is 1. The molecule has 0 aromatic rings. The lowest BCUT2D eigenvalue weighted by atomic mass is 10.1. The van der Waals surface area contributed by atoms with Gasteiger partial charge in [-0.2, -0.15) is 0 Å². The summed E-state index contributed by atoms with van der Waals surface area (Å²) in [5.74, 6) is 0. The van der Waals surface area contributed by atoms with Gasteiger partial charge in [-0.25, -0.2) is 0 Å². The summed E-state index contributed by atoms with van der Waals surface area (Å²) in [7, 11) is 0. The summed E-state index contributed by atoms with van der Waals surface area (Å²) in [5, 5.41) is 17.7. The number of ether oxygens (including phenoxy) is 2. The van der Waals surface area contributed by atoms with Crippen LogP contribution >= 0.6 is 22.6 Å². The van der Waals surface area contributed by atoms with E-state index >= 15 is 0 Å². The molecule has 0 fully saturated rings. The third kappa shape index (κ3) is 24.5. The second-order valence-electron chi connectivity index (χ2n) is 7.74. The first kappa shape index (κ1) is 29.3. The third-order valence-electron chi connectivity index (χ3n) is 4.97. The largest absolute Gasteiger partial charge is 0.396 e. The van der Waals surface area contributed by atoms with Gasteiger partial charge in [0.15, 0.2) is 6.29 Å². The Kier molecular flexibility index (Phi) is 26.6. The highest BCUT2D eigenvalue weighted by atomic mass is 127. The SMILES string of the molecule is OCCCCCCOC(CCCCCCC/C=C/CCI)OCCCCCCO. The summed E-state index contributed by atoms with van der Waals surface area (Å²) < 4.78 is 13.2. The van der Waals surface area contributed by atoms with E-state index < -0.39 is 0 Å². The number of aliphatic hydroxyl groups is 2. The summed E-state index contributed by atoms with van der Waals surface area (Å²) in [6.07, 6.45) is 22.6. The van der Waals surface area contributed by atoms with E-state index in [0.29, 0.717) is 0 Å². The molecule has 0 saturated carbocycles. The molecule has 0 radical (unpaired) electrons. The molecule has 0 saturated heterocycles. The van der Waals surface area contributed by atoms with Crippen LogP contribution in [0, 0.1) is 0 Å². The van der Waals surface area contributed by atoms with E-state index in [9.17, 15) is 0 Å². The van der Waals surface area contributed by atoms with Crippen LogP contribution in [0.5, 0.6) is 0 Å². The molecule has 0 aromatic carbocycles. The van der Waals surface area contributed by atoms with E-state index in [0.717, 1.165) is 71.0 Å². The molecule has 2 N–H and O–H groups in total. The van der Waals surface area contributed by atoms with Crippen molar-refractivity contribution in [3.05, 3.63) is 12.2 Å².